The summed E-state index contributed by atoms with van der Waals surface area (Å²) in [6, 6.07) is 18.2. The van der Waals surface area contributed by atoms with Gasteiger partial charge in [-0.1, -0.05) is 11.8 Å². The van der Waals surface area contributed by atoms with Crippen LogP contribution in [0.5, 0.6) is 11.5 Å². The minimum absolute atomic E-state index is 0.108. The van der Waals surface area contributed by atoms with Crippen LogP contribution in [0.15, 0.2) is 76.5 Å². The number of hydrogen-bond acceptors (Lipinski definition) is 5. The van der Waals surface area contributed by atoms with Gasteiger partial charge in [-0.3, -0.25) is 4.79 Å². The van der Waals surface area contributed by atoms with Gasteiger partial charge in [0.15, 0.2) is 0 Å². The summed E-state index contributed by atoms with van der Waals surface area (Å²) >= 11 is 1.47. The number of hydrogen-bond donors (Lipinski definition) is 4. The first-order chi connectivity index (χ1) is 12.0. The van der Waals surface area contributed by atoms with E-state index < -0.39 is 0 Å². The lowest BCUT2D eigenvalue weighted by Crippen LogP contribution is -2.11. The number of aromatic hydroxyl groups is 2. The van der Waals surface area contributed by atoms with Crippen molar-refractivity contribution in [2.45, 2.75) is 9.79 Å². The van der Waals surface area contributed by atoms with E-state index in [0.717, 1.165) is 9.79 Å². The van der Waals surface area contributed by atoms with Crippen molar-refractivity contribution in [3.8, 4) is 11.5 Å². The van der Waals surface area contributed by atoms with Crippen molar-refractivity contribution >= 4 is 29.0 Å². The summed E-state index contributed by atoms with van der Waals surface area (Å²) in [7, 11) is 0. The maximum Gasteiger partial charge on any atom is 0.255 e. The average molecular weight is 352 g/mol. The summed E-state index contributed by atoms with van der Waals surface area (Å²) < 4.78 is 0. The van der Waals surface area contributed by atoms with Crippen LogP contribution in [0.2, 0.25) is 0 Å². The van der Waals surface area contributed by atoms with Crippen molar-refractivity contribution in [1.29, 1.82) is 0 Å². The number of anilines is 2. The molecule has 0 saturated heterocycles. The molecule has 0 saturated carbocycles. The van der Waals surface area contributed by atoms with E-state index in [2.05, 4.69) is 5.32 Å². The number of nitrogen functional groups attached to an aromatic ring is 1. The SMILES string of the molecule is Nc1cc(NC(=O)c2ccc(O)cc2)ccc1Sc1ccc(O)cc1. The highest BCUT2D eigenvalue weighted by atomic mass is 32.2. The number of rotatable bonds is 4. The van der Waals surface area contributed by atoms with Gasteiger partial charge in [0.05, 0.1) is 0 Å². The third-order valence-corrected chi connectivity index (χ3v) is 4.56. The molecule has 1 amide bonds. The second-order valence-corrected chi connectivity index (χ2v) is 6.46. The summed E-state index contributed by atoms with van der Waals surface area (Å²) in [5.41, 5.74) is 7.65. The molecule has 5 nitrogen and oxygen atoms in total. The molecule has 0 fully saturated rings. The van der Waals surface area contributed by atoms with Crippen molar-refractivity contribution in [3.05, 3.63) is 72.3 Å². The second-order valence-electron chi connectivity index (χ2n) is 5.35. The fourth-order valence-electron chi connectivity index (χ4n) is 2.18. The van der Waals surface area contributed by atoms with Gasteiger partial charge in [0.25, 0.3) is 5.91 Å². The summed E-state index contributed by atoms with van der Waals surface area (Å²) in [6.07, 6.45) is 0. The number of amides is 1. The van der Waals surface area contributed by atoms with Crippen LogP contribution >= 0.6 is 11.8 Å². The van der Waals surface area contributed by atoms with Crippen molar-refractivity contribution in [2.75, 3.05) is 11.1 Å². The van der Waals surface area contributed by atoms with Gasteiger partial charge in [0.2, 0.25) is 0 Å². The third kappa shape index (κ3) is 4.24. The van der Waals surface area contributed by atoms with Crippen LogP contribution in [-0.4, -0.2) is 16.1 Å². The van der Waals surface area contributed by atoms with E-state index in [0.29, 0.717) is 16.9 Å². The Labute approximate surface area is 149 Å². The first kappa shape index (κ1) is 16.7. The largest absolute Gasteiger partial charge is 0.508 e. The molecule has 0 bridgehead atoms. The minimum Gasteiger partial charge on any atom is -0.508 e. The molecule has 25 heavy (non-hydrogen) atoms. The van der Waals surface area contributed by atoms with Crippen LogP contribution in [0.4, 0.5) is 11.4 Å². The number of nitrogens with one attached hydrogen (secondary N) is 1. The standard InChI is InChI=1S/C19H16N2O3S/c20-17-11-13(21-19(24)12-1-4-14(22)5-2-12)3-10-18(17)25-16-8-6-15(23)7-9-16/h1-11,22-23H,20H2,(H,21,24). The van der Waals surface area contributed by atoms with Crippen molar-refractivity contribution < 1.29 is 15.0 Å². The number of phenolic OH excluding ortho intramolecular Hbond substituents is 2. The molecule has 0 aliphatic heterocycles. The van der Waals surface area contributed by atoms with Crippen molar-refractivity contribution in [1.82, 2.24) is 0 Å². The quantitative estimate of drug-likeness (QED) is 0.531. The summed E-state index contributed by atoms with van der Waals surface area (Å²) in [5, 5.41) is 21.4. The number of carbonyl (C=O) groups is 1. The van der Waals surface area contributed by atoms with Gasteiger partial charge >= 0.3 is 0 Å². The topological polar surface area (TPSA) is 95.6 Å². The fourth-order valence-corrected chi connectivity index (χ4v) is 3.02. The highest BCUT2D eigenvalue weighted by Gasteiger charge is 2.08. The number of phenols is 2. The Morgan fingerprint density at radius 3 is 2.08 bits per heavy atom. The zero-order valence-corrected chi connectivity index (χ0v) is 14.0. The van der Waals surface area contributed by atoms with Gasteiger partial charge in [0, 0.05) is 26.7 Å². The normalized spacial score (nSPS) is 10.4. The molecule has 126 valence electrons. The van der Waals surface area contributed by atoms with E-state index in [1.165, 1.54) is 23.9 Å². The van der Waals surface area contributed by atoms with Crippen LogP contribution in [0.3, 0.4) is 0 Å². The summed E-state index contributed by atoms with van der Waals surface area (Å²) in [4.78, 5) is 14.0. The Kier molecular flexibility index (Phi) is 4.81. The number of nitrogens with two attached hydrogens (primary N) is 1. The molecule has 3 aromatic carbocycles. The molecule has 3 aromatic rings. The molecule has 6 heteroatoms. The smallest absolute Gasteiger partial charge is 0.255 e. The van der Waals surface area contributed by atoms with Crippen LogP contribution in [-0.2, 0) is 0 Å². The molecule has 3 rings (SSSR count). The van der Waals surface area contributed by atoms with Gasteiger partial charge in [-0.05, 0) is 66.7 Å². The molecule has 5 N–H and O–H groups in total. The van der Waals surface area contributed by atoms with E-state index >= 15 is 0 Å². The lowest BCUT2D eigenvalue weighted by Gasteiger charge is -2.10. The van der Waals surface area contributed by atoms with Gasteiger partial charge in [-0.2, -0.15) is 0 Å². The van der Waals surface area contributed by atoms with Crippen molar-refractivity contribution in [2.24, 2.45) is 0 Å². The summed E-state index contributed by atoms with van der Waals surface area (Å²) in [5.74, 6) is 0.0411. The Balaban J connectivity index is 1.72. The van der Waals surface area contributed by atoms with E-state index in [1.807, 2.05) is 6.07 Å². The first-order valence-corrected chi connectivity index (χ1v) is 8.30. The molecule has 0 unspecified atom stereocenters. The molecule has 0 heterocycles. The highest BCUT2D eigenvalue weighted by molar-refractivity contribution is 7.99. The molecular formula is C19H16N2O3S. The van der Waals surface area contributed by atoms with E-state index in [-0.39, 0.29) is 17.4 Å². The molecule has 0 aliphatic carbocycles. The molecule has 0 atom stereocenters. The van der Waals surface area contributed by atoms with Crippen LogP contribution < -0.4 is 11.1 Å². The van der Waals surface area contributed by atoms with Gasteiger partial charge in [-0.25, -0.2) is 0 Å². The Morgan fingerprint density at radius 2 is 1.48 bits per heavy atom. The highest BCUT2D eigenvalue weighted by Crippen LogP contribution is 2.34. The lowest BCUT2D eigenvalue weighted by atomic mass is 10.2. The zero-order valence-electron chi connectivity index (χ0n) is 13.1. The lowest BCUT2D eigenvalue weighted by molar-refractivity contribution is 0.102. The minimum atomic E-state index is -0.279. The Hall–Kier alpha value is -3.12. The van der Waals surface area contributed by atoms with Gasteiger partial charge in [-0.15, -0.1) is 0 Å². The van der Waals surface area contributed by atoms with Gasteiger partial charge in [0.1, 0.15) is 11.5 Å². The van der Waals surface area contributed by atoms with Crippen LogP contribution in [0.1, 0.15) is 10.4 Å². The monoisotopic (exact) mass is 352 g/mol. The molecule has 0 aromatic heterocycles. The predicted octanol–water partition coefficient (Wildman–Crippen LogP) is 4.08. The predicted molar refractivity (Wildman–Crippen MR) is 99.1 cm³/mol. The van der Waals surface area contributed by atoms with Crippen LogP contribution in [0.25, 0.3) is 0 Å². The van der Waals surface area contributed by atoms with E-state index in [1.54, 1.807) is 48.5 Å². The maximum absolute atomic E-state index is 12.2. The average Bonchev–Trinajstić information content (AvgIpc) is 2.60. The third-order valence-electron chi connectivity index (χ3n) is 3.46. The number of benzene rings is 3. The maximum atomic E-state index is 12.2. The molecule has 0 spiro atoms. The van der Waals surface area contributed by atoms with Gasteiger partial charge < -0.3 is 21.3 Å². The van der Waals surface area contributed by atoms with E-state index in [9.17, 15) is 15.0 Å². The Morgan fingerprint density at radius 1 is 0.880 bits per heavy atom. The zero-order chi connectivity index (χ0) is 17.8. The first-order valence-electron chi connectivity index (χ1n) is 7.48. The molecule has 0 radical (unpaired) electrons. The molecule has 0 aliphatic rings. The summed E-state index contributed by atoms with van der Waals surface area (Å²) in [6.45, 7) is 0. The fraction of sp³-hybridized carbons (Fsp3) is 0. The second kappa shape index (κ2) is 7.19. The van der Waals surface area contributed by atoms with Crippen molar-refractivity contribution in [3.63, 3.8) is 0 Å². The molecular weight excluding hydrogens is 336 g/mol. The van der Waals surface area contributed by atoms with E-state index in [4.69, 9.17) is 5.73 Å². The van der Waals surface area contributed by atoms with Crippen LogP contribution in [0, 0.1) is 0 Å². The Bertz CT molecular complexity index is 894. The number of carbonyl (C=O) groups excluding carboxylic acids is 1.